The Morgan fingerprint density at radius 2 is 1.21 bits per heavy atom. The van der Waals surface area contributed by atoms with Gasteiger partial charge in [-0.25, -0.2) is 0 Å². The Balaban J connectivity index is 1.61. The zero-order valence-corrected chi connectivity index (χ0v) is 8.60. The summed E-state index contributed by atoms with van der Waals surface area (Å²) in [6.45, 7) is 0. The van der Waals surface area contributed by atoms with Crippen LogP contribution in [0.5, 0.6) is 0 Å². The van der Waals surface area contributed by atoms with Crippen LogP contribution in [0.4, 0.5) is 0 Å². The van der Waals surface area contributed by atoms with Crippen LogP contribution in [0.3, 0.4) is 0 Å². The Bertz CT molecular complexity index is 299. The van der Waals surface area contributed by atoms with Crippen molar-refractivity contribution in [1.29, 1.82) is 0 Å². The van der Waals surface area contributed by atoms with E-state index >= 15 is 0 Å². The molecule has 0 aromatic rings. The molecule has 0 aliphatic heterocycles. The molecule has 8 unspecified atom stereocenters. The largest absolute Gasteiger partial charge is 0.0848 e. The zero-order valence-electron chi connectivity index (χ0n) is 8.60. The average Bonchev–Trinajstić information content (AvgIpc) is 2.82. The van der Waals surface area contributed by atoms with Gasteiger partial charge < -0.3 is 0 Å². The Hall–Kier alpha value is -0.260. The van der Waals surface area contributed by atoms with E-state index in [0.717, 1.165) is 11.8 Å². The summed E-state index contributed by atoms with van der Waals surface area (Å²) in [5.41, 5.74) is 0. The van der Waals surface area contributed by atoms with E-state index in [1.54, 1.807) is 25.7 Å². The van der Waals surface area contributed by atoms with Gasteiger partial charge in [0.25, 0.3) is 0 Å². The van der Waals surface area contributed by atoms with Crippen molar-refractivity contribution in [3.8, 4) is 0 Å². The standard InChI is InChI=1S/C14H18/c1-2-8-5-7(1)11-12(8)14-10-4-3-9(6-10)13(11)14/h1-2,7-14H,3-6H2. The highest BCUT2D eigenvalue weighted by Crippen LogP contribution is 2.74. The first kappa shape index (κ1) is 7.09. The molecule has 5 aliphatic carbocycles. The van der Waals surface area contributed by atoms with E-state index < -0.39 is 0 Å². The van der Waals surface area contributed by atoms with E-state index in [-0.39, 0.29) is 0 Å². The summed E-state index contributed by atoms with van der Waals surface area (Å²) in [4.78, 5) is 0. The summed E-state index contributed by atoms with van der Waals surface area (Å²) in [5.74, 6) is 9.18. The molecule has 4 saturated carbocycles. The van der Waals surface area contributed by atoms with Gasteiger partial charge in [0.15, 0.2) is 0 Å². The van der Waals surface area contributed by atoms with Gasteiger partial charge in [-0.15, -0.1) is 0 Å². The van der Waals surface area contributed by atoms with E-state index in [9.17, 15) is 0 Å². The maximum Gasteiger partial charge on any atom is -0.0194 e. The van der Waals surface area contributed by atoms with E-state index in [4.69, 9.17) is 0 Å². The van der Waals surface area contributed by atoms with Crippen molar-refractivity contribution < 1.29 is 0 Å². The Labute approximate surface area is 85.8 Å². The van der Waals surface area contributed by atoms with Gasteiger partial charge >= 0.3 is 0 Å². The van der Waals surface area contributed by atoms with Crippen LogP contribution >= 0.6 is 0 Å². The summed E-state index contributed by atoms with van der Waals surface area (Å²) in [6.07, 6.45) is 11.5. The van der Waals surface area contributed by atoms with Crippen molar-refractivity contribution in [2.45, 2.75) is 25.7 Å². The lowest BCUT2D eigenvalue weighted by Gasteiger charge is -2.55. The third-order valence-corrected chi connectivity index (χ3v) is 6.52. The van der Waals surface area contributed by atoms with Gasteiger partial charge in [0.1, 0.15) is 0 Å². The average molecular weight is 186 g/mol. The third-order valence-electron chi connectivity index (χ3n) is 6.52. The van der Waals surface area contributed by atoms with Crippen molar-refractivity contribution in [2.24, 2.45) is 47.3 Å². The van der Waals surface area contributed by atoms with E-state index in [0.29, 0.717) is 0 Å². The van der Waals surface area contributed by atoms with Gasteiger partial charge in [0, 0.05) is 0 Å². The van der Waals surface area contributed by atoms with E-state index in [1.165, 1.54) is 35.5 Å². The van der Waals surface area contributed by atoms with Gasteiger partial charge in [-0.1, -0.05) is 12.2 Å². The molecular weight excluding hydrogens is 168 g/mol. The molecule has 0 nitrogen and oxygen atoms in total. The van der Waals surface area contributed by atoms with Gasteiger partial charge in [-0.05, 0) is 73.0 Å². The van der Waals surface area contributed by atoms with Crippen LogP contribution in [0.15, 0.2) is 12.2 Å². The van der Waals surface area contributed by atoms with Crippen LogP contribution in [0.1, 0.15) is 25.7 Å². The predicted molar refractivity (Wildman–Crippen MR) is 55.5 cm³/mol. The van der Waals surface area contributed by atoms with E-state index in [2.05, 4.69) is 12.2 Å². The first-order chi connectivity index (χ1) is 6.93. The molecule has 0 N–H and O–H groups in total. The second-order valence-corrected chi connectivity index (χ2v) is 6.59. The molecular formula is C14H18. The minimum atomic E-state index is 1.03. The van der Waals surface area contributed by atoms with Crippen LogP contribution in [-0.4, -0.2) is 0 Å². The fourth-order valence-electron chi connectivity index (χ4n) is 6.36. The van der Waals surface area contributed by atoms with Crippen molar-refractivity contribution >= 4 is 0 Å². The van der Waals surface area contributed by atoms with Crippen molar-refractivity contribution in [3.63, 3.8) is 0 Å². The number of rotatable bonds is 0. The zero-order chi connectivity index (χ0) is 8.86. The van der Waals surface area contributed by atoms with Crippen molar-refractivity contribution in [2.75, 3.05) is 0 Å². The summed E-state index contributed by atoms with van der Waals surface area (Å²) < 4.78 is 0. The number of allylic oxidation sites excluding steroid dienone is 2. The summed E-state index contributed by atoms with van der Waals surface area (Å²) in [6, 6.07) is 0. The number of fused-ring (bicyclic) bond motifs is 12. The minimum Gasteiger partial charge on any atom is -0.0848 e. The monoisotopic (exact) mass is 186 g/mol. The quantitative estimate of drug-likeness (QED) is 0.510. The summed E-state index contributed by atoms with van der Waals surface area (Å²) in [7, 11) is 0. The van der Waals surface area contributed by atoms with Crippen LogP contribution in [0.2, 0.25) is 0 Å². The van der Waals surface area contributed by atoms with Crippen molar-refractivity contribution in [1.82, 2.24) is 0 Å². The first-order valence-corrected chi connectivity index (χ1v) is 6.62. The highest BCUT2D eigenvalue weighted by molar-refractivity contribution is 5.24. The van der Waals surface area contributed by atoms with Gasteiger partial charge in [-0.2, -0.15) is 0 Å². The maximum absolute atomic E-state index is 2.56. The second kappa shape index (κ2) is 1.99. The highest BCUT2D eigenvalue weighted by Gasteiger charge is 2.68. The lowest BCUT2D eigenvalue weighted by atomic mass is 9.49. The number of hydrogen-bond acceptors (Lipinski definition) is 0. The molecule has 0 spiro atoms. The molecule has 0 aromatic heterocycles. The summed E-state index contributed by atoms with van der Waals surface area (Å²) in [5, 5.41) is 0. The van der Waals surface area contributed by atoms with Gasteiger partial charge in [-0.3, -0.25) is 0 Å². The molecule has 4 fully saturated rings. The fourth-order valence-corrected chi connectivity index (χ4v) is 6.36. The van der Waals surface area contributed by atoms with Crippen LogP contribution in [0.25, 0.3) is 0 Å². The molecule has 0 radical (unpaired) electrons. The molecule has 0 aromatic carbocycles. The Morgan fingerprint density at radius 1 is 0.643 bits per heavy atom. The van der Waals surface area contributed by atoms with Crippen LogP contribution in [-0.2, 0) is 0 Å². The van der Waals surface area contributed by atoms with Crippen molar-refractivity contribution in [3.05, 3.63) is 12.2 Å². The topological polar surface area (TPSA) is 0 Å². The smallest absolute Gasteiger partial charge is 0.0194 e. The third kappa shape index (κ3) is 0.547. The maximum atomic E-state index is 2.56. The molecule has 5 rings (SSSR count). The highest BCUT2D eigenvalue weighted by atomic mass is 14.7. The first-order valence-electron chi connectivity index (χ1n) is 6.62. The molecule has 5 aliphatic rings. The molecule has 0 amide bonds. The lowest BCUT2D eigenvalue weighted by molar-refractivity contribution is -0.0665. The molecule has 0 heterocycles. The van der Waals surface area contributed by atoms with E-state index in [1.807, 2.05) is 0 Å². The van der Waals surface area contributed by atoms with Gasteiger partial charge in [0.2, 0.25) is 0 Å². The molecule has 4 bridgehead atoms. The fraction of sp³-hybridized carbons (Fsp3) is 0.857. The second-order valence-electron chi connectivity index (χ2n) is 6.59. The normalized spacial score (nSPS) is 70.9. The van der Waals surface area contributed by atoms with Crippen LogP contribution < -0.4 is 0 Å². The van der Waals surface area contributed by atoms with Crippen LogP contribution in [0, 0.1) is 47.3 Å². The molecule has 74 valence electrons. The number of hydrogen-bond donors (Lipinski definition) is 0. The molecule has 8 atom stereocenters. The molecule has 0 heteroatoms. The lowest BCUT2D eigenvalue weighted by Crippen LogP contribution is -2.51. The predicted octanol–water partition coefficient (Wildman–Crippen LogP) is 3.10. The Kier molecular flexibility index (Phi) is 1.00. The molecule has 14 heavy (non-hydrogen) atoms. The molecule has 0 saturated heterocycles. The minimum absolute atomic E-state index is 1.03. The summed E-state index contributed by atoms with van der Waals surface area (Å²) >= 11 is 0. The Morgan fingerprint density at radius 3 is 1.79 bits per heavy atom. The van der Waals surface area contributed by atoms with Gasteiger partial charge in [0.05, 0.1) is 0 Å². The SMILES string of the molecule is C1=CC2CC1C1C2C2C3CCC(C3)C12.